The third kappa shape index (κ3) is 8.68. The predicted molar refractivity (Wildman–Crippen MR) is 149 cm³/mol. The van der Waals surface area contributed by atoms with Crippen LogP contribution in [0.5, 0.6) is 5.75 Å². The van der Waals surface area contributed by atoms with Crippen LogP contribution in [0.2, 0.25) is 0 Å². The summed E-state index contributed by atoms with van der Waals surface area (Å²) in [6.07, 6.45) is 4.68. The molecule has 4 N–H and O–H groups in total. The minimum absolute atomic E-state index is 0.00312. The summed E-state index contributed by atoms with van der Waals surface area (Å²) in [5, 5.41) is 11.9. The number of hydrogen-bond donors (Lipinski definition) is 4. The molecule has 1 aliphatic carbocycles. The molecule has 1 aromatic rings. The number of carbonyl (C=O) groups excluding carboxylic acids is 4. The van der Waals surface area contributed by atoms with Gasteiger partial charge in [0.15, 0.2) is 0 Å². The van der Waals surface area contributed by atoms with Crippen LogP contribution in [0, 0.1) is 5.92 Å². The number of ether oxygens (including phenoxy) is 1. The second-order valence-corrected chi connectivity index (χ2v) is 11.3. The Hall–Kier alpha value is -3.14. The molecule has 0 bridgehead atoms. The van der Waals surface area contributed by atoms with Crippen molar-refractivity contribution in [2.75, 3.05) is 33.8 Å². The van der Waals surface area contributed by atoms with Gasteiger partial charge in [-0.05, 0) is 64.4 Å². The predicted octanol–water partition coefficient (Wildman–Crippen LogP) is 1.99. The molecule has 1 heterocycles. The minimum Gasteiger partial charge on any atom is -0.491 e. The van der Waals surface area contributed by atoms with Crippen molar-refractivity contribution in [3.05, 3.63) is 29.8 Å². The first-order valence-electron chi connectivity index (χ1n) is 14.2. The maximum Gasteiger partial charge on any atom is 0.255 e. The number of rotatable bonds is 6. The Kier molecular flexibility index (Phi) is 11.2. The second-order valence-electron chi connectivity index (χ2n) is 11.3. The summed E-state index contributed by atoms with van der Waals surface area (Å²) in [5.41, 5.74) is -0.701. The monoisotopic (exact) mass is 543 g/mol. The normalized spacial score (nSPS) is 22.6. The molecule has 2 atom stereocenters. The maximum atomic E-state index is 13.6. The van der Waals surface area contributed by atoms with Crippen molar-refractivity contribution >= 4 is 23.6 Å². The fourth-order valence-electron chi connectivity index (χ4n) is 5.07. The van der Waals surface area contributed by atoms with Crippen LogP contribution in [-0.4, -0.2) is 79.9 Å². The van der Waals surface area contributed by atoms with Crippen LogP contribution in [0.15, 0.2) is 24.3 Å². The molecule has 10 heteroatoms. The van der Waals surface area contributed by atoms with Crippen LogP contribution in [0.1, 0.15) is 75.6 Å². The van der Waals surface area contributed by atoms with Crippen LogP contribution < -0.4 is 26.0 Å². The van der Waals surface area contributed by atoms with Crippen molar-refractivity contribution in [2.45, 2.75) is 82.8 Å². The van der Waals surface area contributed by atoms with Gasteiger partial charge in [0.05, 0.1) is 11.6 Å². The summed E-state index contributed by atoms with van der Waals surface area (Å²) in [6.45, 7) is 5.42. The van der Waals surface area contributed by atoms with Crippen molar-refractivity contribution in [3.8, 4) is 5.75 Å². The van der Waals surface area contributed by atoms with E-state index < -0.39 is 17.5 Å². The van der Waals surface area contributed by atoms with E-state index >= 15 is 0 Å². The summed E-state index contributed by atoms with van der Waals surface area (Å²) >= 11 is 0. The van der Waals surface area contributed by atoms with Crippen molar-refractivity contribution in [1.82, 2.24) is 26.2 Å². The highest BCUT2D eigenvalue weighted by molar-refractivity contribution is 6.00. The molecule has 0 radical (unpaired) electrons. The standard InChI is InChI=1S/C29H45N5O5/c1-20(2)23-19-39-24-12-7-6-11-21(24)26(36)31-22(27(37)30-17-10-18-34(3)4)13-14-25(35)33-29(28(38)32-23)15-8-5-9-16-29/h6-7,11-12,20,22-23H,5,8-10,13-19H2,1-4H3,(H,30,37)(H,31,36)(H,32,38)(H,33,35)/t22-,23-/m0/s1. The van der Waals surface area contributed by atoms with Gasteiger partial charge in [-0.25, -0.2) is 0 Å². The molecule has 2 aliphatic rings. The van der Waals surface area contributed by atoms with Crippen molar-refractivity contribution in [2.24, 2.45) is 5.92 Å². The third-order valence-corrected chi connectivity index (χ3v) is 7.55. The summed E-state index contributed by atoms with van der Waals surface area (Å²) in [5.74, 6) is -0.880. The second kappa shape index (κ2) is 14.3. The molecule has 10 nitrogen and oxygen atoms in total. The van der Waals surface area contributed by atoms with E-state index in [0.29, 0.717) is 30.7 Å². The molecule has 3 rings (SSSR count). The average molecular weight is 544 g/mol. The number of hydrogen-bond acceptors (Lipinski definition) is 6. The van der Waals surface area contributed by atoms with E-state index in [9.17, 15) is 19.2 Å². The lowest BCUT2D eigenvalue weighted by Gasteiger charge is -2.38. The van der Waals surface area contributed by atoms with Gasteiger partial charge in [-0.2, -0.15) is 0 Å². The Morgan fingerprint density at radius 2 is 1.82 bits per heavy atom. The van der Waals surface area contributed by atoms with Crippen LogP contribution in [-0.2, 0) is 14.4 Å². The zero-order chi connectivity index (χ0) is 28.4. The van der Waals surface area contributed by atoms with Crippen LogP contribution in [0.3, 0.4) is 0 Å². The molecule has 1 spiro atoms. The number of para-hydroxylation sites is 1. The molecule has 0 unspecified atom stereocenters. The quantitative estimate of drug-likeness (QED) is 0.406. The number of benzene rings is 1. The van der Waals surface area contributed by atoms with E-state index in [1.165, 1.54) is 0 Å². The van der Waals surface area contributed by atoms with Crippen molar-refractivity contribution < 1.29 is 23.9 Å². The molecular formula is C29H45N5O5. The highest BCUT2D eigenvalue weighted by Crippen LogP contribution is 2.29. The molecule has 0 aromatic heterocycles. The van der Waals surface area contributed by atoms with Gasteiger partial charge >= 0.3 is 0 Å². The largest absolute Gasteiger partial charge is 0.491 e. The van der Waals surface area contributed by atoms with Crippen LogP contribution in [0.25, 0.3) is 0 Å². The molecule has 1 aromatic carbocycles. The Bertz CT molecular complexity index is 1010. The summed E-state index contributed by atoms with van der Waals surface area (Å²) in [6, 6.07) is 5.61. The van der Waals surface area contributed by atoms with Crippen molar-refractivity contribution in [3.63, 3.8) is 0 Å². The zero-order valence-electron chi connectivity index (χ0n) is 23.8. The van der Waals surface area contributed by atoms with Gasteiger partial charge in [-0.15, -0.1) is 0 Å². The molecular weight excluding hydrogens is 498 g/mol. The van der Waals surface area contributed by atoms with Gasteiger partial charge in [-0.1, -0.05) is 45.2 Å². The van der Waals surface area contributed by atoms with E-state index in [2.05, 4.69) is 21.3 Å². The fraction of sp³-hybridized carbons (Fsp3) is 0.655. The highest BCUT2D eigenvalue weighted by Gasteiger charge is 2.42. The van der Waals surface area contributed by atoms with Crippen LogP contribution in [0.4, 0.5) is 0 Å². The Morgan fingerprint density at radius 3 is 2.51 bits per heavy atom. The smallest absolute Gasteiger partial charge is 0.255 e. The summed E-state index contributed by atoms with van der Waals surface area (Å²) in [7, 11) is 3.92. The van der Waals surface area contributed by atoms with E-state index in [4.69, 9.17) is 4.74 Å². The molecule has 1 saturated carbocycles. The van der Waals surface area contributed by atoms with Gasteiger partial charge in [0.1, 0.15) is 23.9 Å². The zero-order valence-corrected chi connectivity index (χ0v) is 23.8. The first-order valence-corrected chi connectivity index (χ1v) is 14.2. The molecule has 39 heavy (non-hydrogen) atoms. The summed E-state index contributed by atoms with van der Waals surface area (Å²) < 4.78 is 6.08. The first kappa shape index (κ1) is 30.4. The number of fused-ring (bicyclic) bond motifs is 1. The van der Waals surface area contributed by atoms with Gasteiger partial charge in [0, 0.05) is 13.0 Å². The Balaban J connectivity index is 1.88. The van der Waals surface area contributed by atoms with Crippen LogP contribution >= 0.6 is 0 Å². The lowest BCUT2D eigenvalue weighted by molar-refractivity contribution is -0.136. The van der Waals surface area contributed by atoms with Gasteiger partial charge in [-0.3, -0.25) is 19.2 Å². The first-order chi connectivity index (χ1) is 18.6. The van der Waals surface area contributed by atoms with E-state index in [1.807, 2.05) is 32.8 Å². The van der Waals surface area contributed by atoms with E-state index in [0.717, 1.165) is 32.2 Å². The van der Waals surface area contributed by atoms with E-state index in [1.54, 1.807) is 24.3 Å². The number of carbonyl (C=O) groups is 4. The van der Waals surface area contributed by atoms with Gasteiger partial charge in [0.25, 0.3) is 5.91 Å². The third-order valence-electron chi connectivity index (χ3n) is 7.55. The molecule has 4 amide bonds. The molecule has 1 aliphatic heterocycles. The average Bonchev–Trinajstić information content (AvgIpc) is 2.91. The van der Waals surface area contributed by atoms with Gasteiger partial charge < -0.3 is 30.9 Å². The van der Waals surface area contributed by atoms with Gasteiger partial charge in [0.2, 0.25) is 17.7 Å². The maximum absolute atomic E-state index is 13.6. The molecule has 0 saturated heterocycles. The Labute approximate surface area is 232 Å². The highest BCUT2D eigenvalue weighted by atomic mass is 16.5. The number of amides is 4. The van der Waals surface area contributed by atoms with Crippen molar-refractivity contribution in [1.29, 1.82) is 0 Å². The molecule has 1 fully saturated rings. The number of nitrogens with one attached hydrogen (secondary N) is 4. The topological polar surface area (TPSA) is 129 Å². The summed E-state index contributed by atoms with van der Waals surface area (Å²) in [4.78, 5) is 55.3. The minimum atomic E-state index is -0.992. The molecule has 216 valence electrons. The SMILES string of the molecule is CC(C)[C@@H]1COc2ccccc2C(=O)N[C@H](C(=O)NCCCN(C)C)CCC(=O)NC2(CCCCC2)C(=O)N1. The fourth-order valence-corrected chi connectivity index (χ4v) is 5.07. The van der Waals surface area contributed by atoms with E-state index in [-0.39, 0.29) is 49.1 Å². The lowest BCUT2D eigenvalue weighted by Crippen LogP contribution is -2.62. The Morgan fingerprint density at radius 1 is 1.10 bits per heavy atom. The number of nitrogens with zero attached hydrogens (tertiary/aromatic N) is 1. The lowest BCUT2D eigenvalue weighted by atomic mass is 9.80.